The average molecular weight is 563 g/mol. The molecule has 0 radical (unpaired) electrons. The maximum Gasteiger partial charge on any atom is 0.333 e. The Morgan fingerprint density at radius 3 is 1.20 bits per heavy atom. The third-order valence-electron chi connectivity index (χ3n) is 9.02. The lowest BCUT2D eigenvalue weighted by Gasteiger charge is -2.18. The van der Waals surface area contributed by atoms with Crippen molar-refractivity contribution in [2.75, 3.05) is 6.61 Å². The van der Waals surface area contributed by atoms with Gasteiger partial charge in [-0.05, 0) is 37.5 Å². The third kappa shape index (κ3) is 27.4. The molecule has 0 fully saturated rings. The van der Waals surface area contributed by atoms with Crippen molar-refractivity contribution in [1.82, 2.24) is 0 Å². The van der Waals surface area contributed by atoms with Crippen LogP contribution in [0.3, 0.4) is 0 Å². The Balaban J connectivity index is 4.00. The van der Waals surface area contributed by atoms with E-state index in [9.17, 15) is 4.79 Å². The highest BCUT2D eigenvalue weighted by atomic mass is 16.5. The lowest BCUT2D eigenvalue weighted by molar-refractivity contribution is -0.140. The molecule has 0 spiro atoms. The van der Waals surface area contributed by atoms with Crippen molar-refractivity contribution in [1.29, 1.82) is 0 Å². The van der Waals surface area contributed by atoms with Gasteiger partial charge < -0.3 is 4.74 Å². The maximum atomic E-state index is 12.0. The van der Waals surface area contributed by atoms with E-state index in [1.807, 2.05) is 0 Å². The Labute approximate surface area is 253 Å². The van der Waals surface area contributed by atoms with Crippen molar-refractivity contribution in [2.45, 2.75) is 202 Å². The van der Waals surface area contributed by atoms with Gasteiger partial charge in [0, 0.05) is 5.57 Å². The normalized spacial score (nSPS) is 13.7. The van der Waals surface area contributed by atoms with Crippen molar-refractivity contribution in [3.8, 4) is 0 Å². The van der Waals surface area contributed by atoms with E-state index >= 15 is 0 Å². The van der Waals surface area contributed by atoms with E-state index in [-0.39, 0.29) is 5.97 Å². The van der Waals surface area contributed by atoms with E-state index in [0.717, 1.165) is 11.8 Å². The molecular formula is C38H74O2. The van der Waals surface area contributed by atoms with Gasteiger partial charge in [-0.3, -0.25) is 0 Å². The minimum atomic E-state index is -0.219. The molecule has 0 saturated carbocycles. The molecule has 0 N–H and O–H groups in total. The molecule has 0 rings (SSSR count). The van der Waals surface area contributed by atoms with Gasteiger partial charge in [0.1, 0.15) is 0 Å². The summed E-state index contributed by atoms with van der Waals surface area (Å²) >= 11 is 0. The number of carbonyl (C=O) groups excluding carboxylic acids is 1. The highest BCUT2D eigenvalue weighted by Gasteiger charge is 2.13. The number of carbonyl (C=O) groups is 1. The second-order valence-corrected chi connectivity index (χ2v) is 13.6. The zero-order chi connectivity index (χ0) is 29.7. The highest BCUT2D eigenvalue weighted by Crippen LogP contribution is 2.23. The van der Waals surface area contributed by atoms with Gasteiger partial charge in [-0.25, -0.2) is 4.79 Å². The van der Waals surface area contributed by atoms with Crippen LogP contribution in [0.15, 0.2) is 12.2 Å². The monoisotopic (exact) mass is 563 g/mol. The van der Waals surface area contributed by atoms with E-state index in [0.29, 0.717) is 18.1 Å². The number of rotatable bonds is 31. The summed E-state index contributed by atoms with van der Waals surface area (Å²) in [6.07, 6.45) is 35.7. The second kappa shape index (κ2) is 29.7. The molecule has 0 saturated heterocycles. The minimum absolute atomic E-state index is 0.219. The lowest BCUT2D eigenvalue weighted by atomic mass is 9.92. The summed E-state index contributed by atoms with van der Waals surface area (Å²) in [7, 11) is 0. The van der Waals surface area contributed by atoms with Gasteiger partial charge in [0.25, 0.3) is 0 Å². The molecule has 2 heteroatoms. The molecule has 0 aromatic heterocycles. The van der Waals surface area contributed by atoms with Crippen molar-refractivity contribution >= 4 is 5.97 Å². The molecule has 2 nitrogen and oxygen atoms in total. The van der Waals surface area contributed by atoms with E-state index in [1.54, 1.807) is 6.92 Å². The molecule has 0 aliphatic rings. The summed E-state index contributed by atoms with van der Waals surface area (Å²) in [6, 6.07) is 0. The Morgan fingerprint density at radius 2 is 0.825 bits per heavy atom. The average Bonchev–Trinajstić information content (AvgIpc) is 2.93. The van der Waals surface area contributed by atoms with Gasteiger partial charge in [0.15, 0.2) is 0 Å². The highest BCUT2D eigenvalue weighted by molar-refractivity contribution is 5.86. The molecule has 0 bridgehead atoms. The van der Waals surface area contributed by atoms with E-state index in [2.05, 4.69) is 34.3 Å². The number of ether oxygens (including phenoxy) is 1. The summed E-state index contributed by atoms with van der Waals surface area (Å²) in [6.45, 7) is 15.6. The number of hydrogen-bond donors (Lipinski definition) is 0. The van der Waals surface area contributed by atoms with Gasteiger partial charge in [-0.15, -0.1) is 0 Å². The molecule has 0 amide bonds. The van der Waals surface area contributed by atoms with E-state index < -0.39 is 0 Å². The van der Waals surface area contributed by atoms with Gasteiger partial charge in [0.05, 0.1) is 6.61 Å². The van der Waals surface area contributed by atoms with Gasteiger partial charge >= 0.3 is 5.97 Å². The molecule has 0 heterocycles. The van der Waals surface area contributed by atoms with Gasteiger partial charge in [-0.1, -0.05) is 188 Å². The van der Waals surface area contributed by atoms with Crippen LogP contribution in [-0.2, 0) is 9.53 Å². The molecule has 3 unspecified atom stereocenters. The number of hydrogen-bond acceptors (Lipinski definition) is 2. The first-order valence-electron chi connectivity index (χ1n) is 18.2. The SMILES string of the molecule is C=C(C)C(=O)OCC(CCCCCCC(C)CCCCCCCCC)CCCCC(C)CCCCCCCCC. The van der Waals surface area contributed by atoms with Crippen LogP contribution in [0.25, 0.3) is 0 Å². The smallest absolute Gasteiger partial charge is 0.333 e. The molecule has 0 aromatic rings. The largest absolute Gasteiger partial charge is 0.462 e. The first-order chi connectivity index (χ1) is 19.4. The fraction of sp³-hybridized carbons (Fsp3) is 0.921. The zero-order valence-corrected chi connectivity index (χ0v) is 28.3. The summed E-state index contributed by atoms with van der Waals surface area (Å²) in [5.74, 6) is 2.03. The van der Waals surface area contributed by atoms with Crippen molar-refractivity contribution in [3.05, 3.63) is 12.2 Å². The minimum Gasteiger partial charge on any atom is -0.462 e. The van der Waals surface area contributed by atoms with Crippen molar-refractivity contribution < 1.29 is 9.53 Å². The summed E-state index contributed by atoms with van der Waals surface area (Å²) < 4.78 is 5.59. The van der Waals surface area contributed by atoms with Crippen LogP contribution in [0, 0.1) is 17.8 Å². The van der Waals surface area contributed by atoms with Crippen LogP contribution in [0.2, 0.25) is 0 Å². The molecule has 0 aliphatic carbocycles. The zero-order valence-electron chi connectivity index (χ0n) is 28.3. The quantitative estimate of drug-likeness (QED) is 0.0477. The van der Waals surface area contributed by atoms with Gasteiger partial charge in [0.2, 0.25) is 0 Å². The van der Waals surface area contributed by atoms with Crippen molar-refractivity contribution in [2.24, 2.45) is 17.8 Å². The molecule has 3 atom stereocenters. The number of esters is 1. The van der Waals surface area contributed by atoms with Crippen LogP contribution in [0.1, 0.15) is 202 Å². The Morgan fingerprint density at radius 1 is 0.525 bits per heavy atom. The molecule has 238 valence electrons. The number of unbranched alkanes of at least 4 members (excludes halogenated alkanes) is 16. The van der Waals surface area contributed by atoms with Crippen LogP contribution >= 0.6 is 0 Å². The van der Waals surface area contributed by atoms with Crippen molar-refractivity contribution in [3.63, 3.8) is 0 Å². The first kappa shape index (κ1) is 39.2. The van der Waals surface area contributed by atoms with Crippen LogP contribution in [0.5, 0.6) is 0 Å². The second-order valence-electron chi connectivity index (χ2n) is 13.6. The Hall–Kier alpha value is -0.790. The molecule has 0 aromatic carbocycles. The predicted octanol–water partition coefficient (Wildman–Crippen LogP) is 13.2. The topological polar surface area (TPSA) is 26.3 Å². The molecule has 0 aliphatic heterocycles. The summed E-state index contributed by atoms with van der Waals surface area (Å²) in [4.78, 5) is 12.0. The predicted molar refractivity (Wildman–Crippen MR) is 179 cm³/mol. The summed E-state index contributed by atoms with van der Waals surface area (Å²) in [5.41, 5.74) is 0.517. The molecule has 40 heavy (non-hydrogen) atoms. The first-order valence-corrected chi connectivity index (χ1v) is 18.2. The maximum absolute atomic E-state index is 12.0. The van der Waals surface area contributed by atoms with Crippen LogP contribution < -0.4 is 0 Å². The fourth-order valence-electron chi connectivity index (χ4n) is 6.02. The molecular weight excluding hydrogens is 488 g/mol. The van der Waals surface area contributed by atoms with Crippen LogP contribution in [0.4, 0.5) is 0 Å². The Kier molecular flexibility index (Phi) is 29.1. The fourth-order valence-corrected chi connectivity index (χ4v) is 6.02. The Bertz CT molecular complexity index is 554. The van der Waals surface area contributed by atoms with Gasteiger partial charge in [-0.2, -0.15) is 0 Å². The van der Waals surface area contributed by atoms with E-state index in [4.69, 9.17) is 4.74 Å². The van der Waals surface area contributed by atoms with E-state index in [1.165, 1.54) is 167 Å². The van der Waals surface area contributed by atoms with Crippen LogP contribution in [-0.4, -0.2) is 12.6 Å². The lowest BCUT2D eigenvalue weighted by Crippen LogP contribution is -2.15. The standard InChI is InChI=1S/C38H74O2/c1-7-9-11-13-15-17-21-27-35(5)29-23-19-20-24-31-37(33-40-38(39)34(3)4)32-26-25-30-36(6)28-22-18-16-14-12-10-8-2/h35-37H,3,7-33H2,1-2,4-6H3. The summed E-state index contributed by atoms with van der Waals surface area (Å²) in [5, 5.41) is 0. The third-order valence-corrected chi connectivity index (χ3v) is 9.02.